The lowest BCUT2D eigenvalue weighted by molar-refractivity contribution is 0.185. The standard InChI is InChI=1S/C20H14F2O/c1-23-13-16-6-3-14(4-7-16)2-5-15-8-9-17-11-19(21)20(22)12-18(17)10-15/h3-4,6-12H,13H2,1H3. The lowest BCUT2D eigenvalue weighted by atomic mass is 10.1. The van der Waals surface area contributed by atoms with E-state index in [2.05, 4.69) is 11.8 Å². The highest BCUT2D eigenvalue weighted by atomic mass is 19.2. The fraction of sp³-hybridized carbons (Fsp3) is 0.100. The van der Waals surface area contributed by atoms with Gasteiger partial charge in [-0.25, -0.2) is 8.78 Å². The van der Waals surface area contributed by atoms with E-state index in [4.69, 9.17) is 4.74 Å². The van der Waals surface area contributed by atoms with Gasteiger partial charge in [-0.05, 0) is 52.7 Å². The number of rotatable bonds is 2. The molecule has 0 aromatic heterocycles. The second-order valence-corrected chi connectivity index (χ2v) is 5.21. The van der Waals surface area contributed by atoms with Crippen LogP contribution in [0.15, 0.2) is 54.6 Å². The molecular weight excluding hydrogens is 294 g/mol. The van der Waals surface area contributed by atoms with Gasteiger partial charge in [0.25, 0.3) is 0 Å². The zero-order valence-corrected chi connectivity index (χ0v) is 12.6. The van der Waals surface area contributed by atoms with Crippen molar-refractivity contribution in [1.82, 2.24) is 0 Å². The van der Waals surface area contributed by atoms with Crippen LogP contribution >= 0.6 is 0 Å². The number of fused-ring (bicyclic) bond motifs is 1. The highest BCUT2D eigenvalue weighted by Crippen LogP contribution is 2.19. The molecule has 1 nitrogen and oxygen atoms in total. The first-order valence-electron chi connectivity index (χ1n) is 7.14. The van der Waals surface area contributed by atoms with Gasteiger partial charge in [0.1, 0.15) is 0 Å². The first-order chi connectivity index (χ1) is 11.2. The van der Waals surface area contributed by atoms with Crippen LogP contribution in [0.1, 0.15) is 16.7 Å². The Kier molecular flexibility index (Phi) is 4.36. The Hall–Kier alpha value is -2.70. The van der Waals surface area contributed by atoms with E-state index in [0.717, 1.165) is 16.7 Å². The largest absolute Gasteiger partial charge is 0.380 e. The van der Waals surface area contributed by atoms with E-state index in [-0.39, 0.29) is 0 Å². The van der Waals surface area contributed by atoms with Crippen LogP contribution in [0.5, 0.6) is 0 Å². The average molecular weight is 308 g/mol. The number of hydrogen-bond donors (Lipinski definition) is 0. The van der Waals surface area contributed by atoms with Crippen molar-refractivity contribution in [2.45, 2.75) is 6.61 Å². The summed E-state index contributed by atoms with van der Waals surface area (Å²) in [5, 5.41) is 1.28. The van der Waals surface area contributed by atoms with E-state index in [0.29, 0.717) is 17.4 Å². The number of methoxy groups -OCH3 is 1. The maximum atomic E-state index is 13.3. The summed E-state index contributed by atoms with van der Waals surface area (Å²) in [6.07, 6.45) is 0. The van der Waals surface area contributed by atoms with Gasteiger partial charge in [0, 0.05) is 18.2 Å². The van der Waals surface area contributed by atoms with E-state index < -0.39 is 11.6 Å². The van der Waals surface area contributed by atoms with Crippen LogP contribution in [0.3, 0.4) is 0 Å². The molecule has 0 unspecified atom stereocenters. The van der Waals surface area contributed by atoms with Crippen molar-refractivity contribution in [1.29, 1.82) is 0 Å². The molecule has 0 heterocycles. The predicted octanol–water partition coefficient (Wildman–Crippen LogP) is 4.66. The summed E-state index contributed by atoms with van der Waals surface area (Å²) in [4.78, 5) is 0. The SMILES string of the molecule is COCc1ccc(C#Cc2ccc3cc(F)c(F)cc3c2)cc1. The van der Waals surface area contributed by atoms with Gasteiger partial charge in [-0.15, -0.1) is 0 Å². The van der Waals surface area contributed by atoms with Gasteiger partial charge in [-0.2, -0.15) is 0 Å². The highest BCUT2D eigenvalue weighted by Gasteiger charge is 2.03. The van der Waals surface area contributed by atoms with E-state index in [1.165, 1.54) is 12.1 Å². The molecular formula is C20H14F2O. The molecule has 0 amide bonds. The summed E-state index contributed by atoms with van der Waals surface area (Å²) < 4.78 is 31.6. The van der Waals surface area contributed by atoms with Gasteiger partial charge < -0.3 is 4.74 Å². The van der Waals surface area contributed by atoms with E-state index >= 15 is 0 Å². The van der Waals surface area contributed by atoms with Crippen LogP contribution in [0.4, 0.5) is 8.78 Å². The third-order valence-electron chi connectivity index (χ3n) is 3.50. The molecule has 0 aliphatic heterocycles. The average Bonchev–Trinajstić information content (AvgIpc) is 2.56. The topological polar surface area (TPSA) is 9.23 Å². The van der Waals surface area contributed by atoms with E-state index in [1.54, 1.807) is 25.3 Å². The fourth-order valence-electron chi connectivity index (χ4n) is 2.32. The van der Waals surface area contributed by atoms with Crippen LogP contribution in [-0.4, -0.2) is 7.11 Å². The molecule has 0 saturated carbocycles. The number of hydrogen-bond acceptors (Lipinski definition) is 1. The predicted molar refractivity (Wildman–Crippen MR) is 87.0 cm³/mol. The van der Waals surface area contributed by atoms with Gasteiger partial charge >= 0.3 is 0 Å². The summed E-state index contributed by atoms with van der Waals surface area (Å²) in [6, 6.07) is 15.5. The van der Waals surface area contributed by atoms with Crippen molar-refractivity contribution in [3.05, 3.63) is 82.9 Å². The quantitative estimate of drug-likeness (QED) is 0.625. The third kappa shape index (κ3) is 3.56. The monoisotopic (exact) mass is 308 g/mol. The second-order valence-electron chi connectivity index (χ2n) is 5.21. The molecule has 23 heavy (non-hydrogen) atoms. The molecule has 114 valence electrons. The highest BCUT2D eigenvalue weighted by molar-refractivity contribution is 5.84. The Morgan fingerprint density at radius 1 is 0.783 bits per heavy atom. The molecule has 0 saturated heterocycles. The minimum atomic E-state index is -0.851. The van der Waals surface area contributed by atoms with E-state index in [1.807, 2.05) is 24.3 Å². The lowest BCUT2D eigenvalue weighted by Crippen LogP contribution is -1.87. The van der Waals surface area contributed by atoms with Crippen molar-refractivity contribution in [2.24, 2.45) is 0 Å². The summed E-state index contributed by atoms with van der Waals surface area (Å²) in [6.45, 7) is 0.570. The molecule has 0 spiro atoms. The summed E-state index contributed by atoms with van der Waals surface area (Å²) in [5.41, 5.74) is 2.72. The van der Waals surface area contributed by atoms with Crippen LogP contribution in [0.2, 0.25) is 0 Å². The molecule has 3 rings (SSSR count). The molecule has 0 N–H and O–H groups in total. The van der Waals surface area contributed by atoms with Crippen molar-refractivity contribution in [3.8, 4) is 11.8 Å². The molecule has 0 aliphatic carbocycles. The molecule has 0 aliphatic rings. The molecule has 3 aromatic rings. The smallest absolute Gasteiger partial charge is 0.159 e. The minimum Gasteiger partial charge on any atom is -0.380 e. The van der Waals surface area contributed by atoms with Crippen LogP contribution in [-0.2, 0) is 11.3 Å². The molecule has 0 bridgehead atoms. The van der Waals surface area contributed by atoms with Gasteiger partial charge in [0.15, 0.2) is 11.6 Å². The zero-order valence-electron chi connectivity index (χ0n) is 12.6. The molecule has 3 heteroatoms. The minimum absolute atomic E-state index is 0.570. The number of ether oxygens (including phenoxy) is 1. The van der Waals surface area contributed by atoms with Crippen LogP contribution in [0, 0.1) is 23.5 Å². The molecule has 0 fully saturated rings. The van der Waals surface area contributed by atoms with Crippen LogP contribution < -0.4 is 0 Å². The summed E-state index contributed by atoms with van der Waals surface area (Å²) in [7, 11) is 1.65. The Morgan fingerprint density at radius 3 is 2.09 bits per heavy atom. The Bertz CT molecular complexity index is 903. The Labute approximate surface area is 133 Å². The van der Waals surface area contributed by atoms with E-state index in [9.17, 15) is 8.78 Å². The van der Waals surface area contributed by atoms with Crippen LogP contribution in [0.25, 0.3) is 10.8 Å². The van der Waals surface area contributed by atoms with Gasteiger partial charge in [0.2, 0.25) is 0 Å². The maximum Gasteiger partial charge on any atom is 0.159 e. The zero-order chi connectivity index (χ0) is 16.2. The normalized spacial score (nSPS) is 10.4. The van der Waals surface area contributed by atoms with Gasteiger partial charge in [-0.1, -0.05) is 30.0 Å². The fourth-order valence-corrected chi connectivity index (χ4v) is 2.32. The van der Waals surface area contributed by atoms with Gasteiger partial charge in [0.05, 0.1) is 6.61 Å². The first-order valence-corrected chi connectivity index (χ1v) is 7.14. The van der Waals surface area contributed by atoms with Crippen molar-refractivity contribution in [2.75, 3.05) is 7.11 Å². The first kappa shape index (κ1) is 15.2. The molecule has 3 aromatic carbocycles. The van der Waals surface area contributed by atoms with Crippen molar-refractivity contribution >= 4 is 10.8 Å². The second kappa shape index (κ2) is 6.60. The maximum absolute atomic E-state index is 13.3. The lowest BCUT2D eigenvalue weighted by Gasteiger charge is -2.00. The molecule has 0 radical (unpaired) electrons. The molecule has 0 atom stereocenters. The van der Waals surface area contributed by atoms with Gasteiger partial charge in [-0.3, -0.25) is 0 Å². The third-order valence-corrected chi connectivity index (χ3v) is 3.50. The summed E-state index contributed by atoms with van der Waals surface area (Å²) in [5.74, 6) is 4.41. The Balaban J connectivity index is 1.88. The Morgan fingerprint density at radius 2 is 1.39 bits per heavy atom. The summed E-state index contributed by atoms with van der Waals surface area (Å²) >= 11 is 0. The van der Waals surface area contributed by atoms with Crippen molar-refractivity contribution in [3.63, 3.8) is 0 Å². The van der Waals surface area contributed by atoms with Crippen molar-refractivity contribution < 1.29 is 13.5 Å². The number of halogens is 2. The number of benzene rings is 3.